The summed E-state index contributed by atoms with van der Waals surface area (Å²) in [6, 6.07) is 0. The molecule has 0 aliphatic carbocycles. The summed E-state index contributed by atoms with van der Waals surface area (Å²) in [7, 11) is 0. The van der Waals surface area contributed by atoms with Gasteiger partial charge in [0.15, 0.2) is 0 Å². The van der Waals surface area contributed by atoms with Crippen LogP contribution in [0.5, 0.6) is 0 Å². The van der Waals surface area contributed by atoms with Gasteiger partial charge >= 0.3 is 29.7 Å². The summed E-state index contributed by atoms with van der Waals surface area (Å²) in [6.07, 6.45) is 0. The number of hydrogen-bond acceptors (Lipinski definition) is 5. The number of carbonyl (C=O) groups is 2. The molecule has 3 N–H and O–H groups in total. The van der Waals surface area contributed by atoms with E-state index in [1.165, 1.54) is 0 Å². The Morgan fingerprint density at radius 3 is 1.68 bits per heavy atom. The first kappa shape index (κ1) is 20.4. The second kappa shape index (κ2) is 6.28. The Morgan fingerprint density at radius 2 is 1.36 bits per heavy atom. The van der Waals surface area contributed by atoms with E-state index in [0.717, 1.165) is 6.92 Å². The van der Waals surface area contributed by atoms with Gasteiger partial charge in [0.1, 0.15) is 6.61 Å². The van der Waals surface area contributed by atoms with Gasteiger partial charge in [-0.25, -0.2) is 9.59 Å². The number of halogens is 6. The van der Waals surface area contributed by atoms with Crippen LogP contribution in [0.15, 0.2) is 0 Å². The molecule has 22 heavy (non-hydrogen) atoms. The molecule has 0 atom stereocenters. The monoisotopic (exact) mass is 342 g/mol. The van der Waals surface area contributed by atoms with Crippen LogP contribution in [-0.2, 0) is 14.3 Å². The zero-order valence-electron chi connectivity index (χ0n) is 11.0. The molecular weight excluding hydrogens is 330 g/mol. The lowest BCUT2D eigenvalue weighted by Gasteiger charge is -2.30. The molecule has 0 saturated heterocycles. The third-order valence-corrected chi connectivity index (χ3v) is 2.63. The first-order chi connectivity index (χ1) is 9.69. The molecule has 0 unspecified atom stereocenters. The van der Waals surface area contributed by atoms with E-state index >= 15 is 0 Å². The zero-order valence-corrected chi connectivity index (χ0v) is 11.0. The van der Waals surface area contributed by atoms with Crippen molar-refractivity contribution in [3.05, 3.63) is 0 Å². The summed E-state index contributed by atoms with van der Waals surface area (Å²) in [4.78, 5) is 20.9. The van der Waals surface area contributed by atoms with Crippen LogP contribution < -0.4 is 0 Å². The molecule has 0 aliphatic heterocycles. The van der Waals surface area contributed by atoms with E-state index in [1.54, 1.807) is 0 Å². The SMILES string of the molecule is CC(CO)(CO)COC(=O)C(F)(F)C(F)(F)C(F)(F)C(=O)O. The van der Waals surface area contributed by atoms with Crippen LogP contribution in [0.25, 0.3) is 0 Å². The molecule has 0 amide bonds. The summed E-state index contributed by atoms with van der Waals surface area (Å²) in [5.74, 6) is -25.6. The van der Waals surface area contributed by atoms with Gasteiger partial charge in [0.25, 0.3) is 0 Å². The van der Waals surface area contributed by atoms with Crippen LogP contribution in [0.3, 0.4) is 0 Å². The van der Waals surface area contributed by atoms with Crippen LogP contribution in [0.4, 0.5) is 26.3 Å². The molecule has 0 saturated carbocycles. The number of carboxylic acids is 1. The fraction of sp³-hybridized carbons (Fsp3) is 0.800. The van der Waals surface area contributed by atoms with Crippen LogP contribution >= 0.6 is 0 Å². The Morgan fingerprint density at radius 1 is 0.955 bits per heavy atom. The summed E-state index contributed by atoms with van der Waals surface area (Å²) in [5, 5.41) is 25.4. The largest absolute Gasteiger partial charge is 0.477 e. The summed E-state index contributed by atoms with van der Waals surface area (Å²) in [5.41, 5.74) is -1.68. The number of carbonyl (C=O) groups excluding carboxylic acids is 1. The Labute approximate surface area is 119 Å². The van der Waals surface area contributed by atoms with Crippen LogP contribution in [0, 0.1) is 5.41 Å². The minimum absolute atomic E-state index is 0.899. The van der Waals surface area contributed by atoms with Crippen LogP contribution in [-0.4, -0.2) is 64.8 Å². The van der Waals surface area contributed by atoms with Crippen molar-refractivity contribution in [1.29, 1.82) is 0 Å². The summed E-state index contributed by atoms with van der Waals surface area (Å²) >= 11 is 0. The Kier molecular flexibility index (Phi) is 5.84. The molecule has 0 radical (unpaired) electrons. The third kappa shape index (κ3) is 3.43. The number of aliphatic hydroxyl groups excluding tert-OH is 2. The molecule has 0 rings (SSSR count). The quantitative estimate of drug-likeness (QED) is 0.439. The summed E-state index contributed by atoms with van der Waals surface area (Å²) < 4.78 is 81.3. The second-order valence-electron chi connectivity index (χ2n) is 4.73. The summed E-state index contributed by atoms with van der Waals surface area (Å²) in [6.45, 7) is -1.97. The molecule has 0 aromatic heterocycles. The molecule has 0 bridgehead atoms. The third-order valence-electron chi connectivity index (χ3n) is 2.63. The molecule has 0 aromatic carbocycles. The van der Waals surface area contributed by atoms with Gasteiger partial charge in [-0.1, -0.05) is 6.92 Å². The number of aliphatic carboxylic acids is 1. The zero-order chi connectivity index (χ0) is 18.0. The van der Waals surface area contributed by atoms with Gasteiger partial charge in [0.2, 0.25) is 0 Å². The average molecular weight is 342 g/mol. The highest BCUT2D eigenvalue weighted by Gasteiger charge is 2.79. The highest BCUT2D eigenvalue weighted by molar-refractivity contribution is 5.83. The Bertz CT molecular complexity index is 434. The molecule has 130 valence electrons. The first-order valence-electron chi connectivity index (χ1n) is 5.45. The van der Waals surface area contributed by atoms with Gasteiger partial charge in [-0.2, -0.15) is 26.3 Å². The molecule has 0 fully saturated rings. The van der Waals surface area contributed by atoms with Crippen LogP contribution in [0.1, 0.15) is 6.92 Å². The van der Waals surface area contributed by atoms with E-state index in [0.29, 0.717) is 0 Å². The fourth-order valence-electron chi connectivity index (χ4n) is 0.931. The van der Waals surface area contributed by atoms with E-state index in [4.69, 9.17) is 15.3 Å². The number of alkyl halides is 6. The van der Waals surface area contributed by atoms with E-state index < -0.39 is 54.9 Å². The minimum Gasteiger partial charge on any atom is -0.477 e. The van der Waals surface area contributed by atoms with Gasteiger partial charge < -0.3 is 20.1 Å². The Balaban J connectivity index is 5.31. The highest BCUT2D eigenvalue weighted by Crippen LogP contribution is 2.46. The van der Waals surface area contributed by atoms with E-state index in [-0.39, 0.29) is 0 Å². The average Bonchev–Trinajstić information content (AvgIpc) is 2.43. The molecule has 0 aromatic rings. The second-order valence-corrected chi connectivity index (χ2v) is 4.73. The topological polar surface area (TPSA) is 104 Å². The van der Waals surface area contributed by atoms with E-state index in [9.17, 15) is 35.9 Å². The van der Waals surface area contributed by atoms with Crippen LogP contribution in [0.2, 0.25) is 0 Å². The molecule has 0 heterocycles. The van der Waals surface area contributed by atoms with E-state index in [1.807, 2.05) is 0 Å². The predicted octanol–water partition coefficient (Wildman–Crippen LogP) is 0.511. The van der Waals surface area contributed by atoms with Crippen molar-refractivity contribution < 1.29 is 56.0 Å². The number of carboxylic acid groups (broad SMARTS) is 1. The van der Waals surface area contributed by atoms with Crippen molar-refractivity contribution in [3.8, 4) is 0 Å². The molecular formula is C10H12F6O6. The number of esters is 1. The minimum atomic E-state index is -6.56. The lowest BCUT2D eigenvalue weighted by Crippen LogP contribution is -2.61. The Hall–Kier alpha value is -1.56. The maximum atomic E-state index is 13.1. The van der Waals surface area contributed by atoms with Crippen molar-refractivity contribution in [3.63, 3.8) is 0 Å². The highest BCUT2D eigenvalue weighted by atomic mass is 19.3. The lowest BCUT2D eigenvalue weighted by atomic mass is 9.94. The number of aliphatic hydroxyl groups is 2. The number of hydrogen-bond donors (Lipinski definition) is 3. The normalized spacial score (nSPS) is 13.9. The van der Waals surface area contributed by atoms with Gasteiger partial charge in [-0.15, -0.1) is 0 Å². The molecule has 12 heteroatoms. The smallest absolute Gasteiger partial charge is 0.411 e. The van der Waals surface area contributed by atoms with Crippen molar-refractivity contribution in [2.24, 2.45) is 5.41 Å². The molecule has 0 spiro atoms. The van der Waals surface area contributed by atoms with Crippen molar-refractivity contribution >= 4 is 11.9 Å². The van der Waals surface area contributed by atoms with Gasteiger partial charge in [-0.3, -0.25) is 0 Å². The maximum Gasteiger partial charge on any atom is 0.411 e. The standard InChI is InChI=1S/C10H12F6O6/c1-7(2-17,3-18)4-22-6(21)9(13,14)10(15,16)8(11,12)5(19)20/h17-18H,2-4H2,1H3,(H,19,20). The predicted molar refractivity (Wildman–Crippen MR) is 55.7 cm³/mol. The number of rotatable bonds is 8. The van der Waals surface area contributed by atoms with Crippen molar-refractivity contribution in [2.75, 3.05) is 19.8 Å². The van der Waals surface area contributed by atoms with Crippen molar-refractivity contribution in [1.82, 2.24) is 0 Å². The lowest BCUT2D eigenvalue weighted by molar-refractivity contribution is -0.300. The fourth-order valence-corrected chi connectivity index (χ4v) is 0.931. The maximum absolute atomic E-state index is 13.1. The van der Waals surface area contributed by atoms with Crippen molar-refractivity contribution in [2.45, 2.75) is 24.7 Å². The van der Waals surface area contributed by atoms with Gasteiger partial charge in [0.05, 0.1) is 13.2 Å². The van der Waals surface area contributed by atoms with Gasteiger partial charge in [-0.05, 0) is 0 Å². The first-order valence-corrected chi connectivity index (χ1v) is 5.45. The molecule has 0 aliphatic rings. The molecule has 6 nitrogen and oxygen atoms in total. The van der Waals surface area contributed by atoms with E-state index in [2.05, 4.69) is 4.74 Å². The number of ether oxygens (including phenoxy) is 1. The van der Waals surface area contributed by atoms with Gasteiger partial charge in [0, 0.05) is 5.41 Å².